The highest BCUT2D eigenvalue weighted by Crippen LogP contribution is 2.34. The van der Waals surface area contributed by atoms with Crippen LogP contribution in [0, 0.1) is 0 Å². The Morgan fingerprint density at radius 2 is 1.54 bits per heavy atom. The van der Waals surface area contributed by atoms with E-state index in [2.05, 4.69) is 15.3 Å². The predicted molar refractivity (Wildman–Crippen MR) is 134 cm³/mol. The summed E-state index contributed by atoms with van der Waals surface area (Å²) in [6.07, 6.45) is 2.46. The van der Waals surface area contributed by atoms with E-state index in [0.29, 0.717) is 17.7 Å². The molecular weight excluding hydrogens is 440 g/mol. The van der Waals surface area contributed by atoms with Crippen LogP contribution in [0.1, 0.15) is 18.1 Å². The minimum absolute atomic E-state index is 0.0584. The molecule has 2 heterocycles. The van der Waals surface area contributed by atoms with Gasteiger partial charge in [0.1, 0.15) is 0 Å². The molecule has 0 spiro atoms. The standard InChI is InChI=1S/C28H26N4O3/c1-28(20-8-4-2-5-9-20,21-10-6-3-7-11-21)27(34)32-16-17-35-25(19-32)26(33)31-22-12-13-23-24(18-22)30-15-14-29-23/h2-15,18,25H,16-17,19H2,1H3,(H,31,33)/t25-/m1/s1. The number of fused-ring (bicyclic) bond motifs is 1. The Hall–Kier alpha value is -4.10. The summed E-state index contributed by atoms with van der Waals surface area (Å²) in [7, 11) is 0. The molecule has 0 aliphatic carbocycles. The Kier molecular flexibility index (Phi) is 6.25. The van der Waals surface area contributed by atoms with Gasteiger partial charge in [0.15, 0.2) is 6.10 Å². The molecule has 2 amide bonds. The number of amides is 2. The van der Waals surface area contributed by atoms with Gasteiger partial charge < -0.3 is 15.0 Å². The van der Waals surface area contributed by atoms with Crippen molar-refractivity contribution in [1.82, 2.24) is 14.9 Å². The fourth-order valence-corrected chi connectivity index (χ4v) is 4.53. The van der Waals surface area contributed by atoms with Crippen LogP contribution in [0.5, 0.6) is 0 Å². The highest BCUT2D eigenvalue weighted by Gasteiger charge is 2.42. The molecule has 35 heavy (non-hydrogen) atoms. The average Bonchev–Trinajstić information content (AvgIpc) is 2.93. The first-order valence-corrected chi connectivity index (χ1v) is 11.6. The zero-order valence-corrected chi connectivity index (χ0v) is 19.4. The lowest BCUT2D eigenvalue weighted by Crippen LogP contribution is -2.55. The number of hydrogen-bond acceptors (Lipinski definition) is 5. The summed E-state index contributed by atoms with van der Waals surface area (Å²) in [6, 6.07) is 24.9. The summed E-state index contributed by atoms with van der Waals surface area (Å²) in [6.45, 7) is 2.82. The smallest absolute Gasteiger partial charge is 0.255 e. The lowest BCUT2D eigenvalue weighted by molar-refractivity contribution is -0.147. The number of carbonyl (C=O) groups is 2. The third kappa shape index (κ3) is 4.50. The second kappa shape index (κ2) is 9.64. The largest absolute Gasteiger partial charge is 0.365 e. The van der Waals surface area contributed by atoms with E-state index >= 15 is 0 Å². The third-order valence-corrected chi connectivity index (χ3v) is 6.51. The van der Waals surface area contributed by atoms with Crippen LogP contribution in [0.15, 0.2) is 91.3 Å². The summed E-state index contributed by atoms with van der Waals surface area (Å²) in [5, 5.41) is 2.90. The van der Waals surface area contributed by atoms with Crippen molar-refractivity contribution >= 4 is 28.5 Å². The zero-order valence-electron chi connectivity index (χ0n) is 19.4. The van der Waals surface area contributed by atoms with Gasteiger partial charge in [-0.25, -0.2) is 0 Å². The van der Waals surface area contributed by atoms with Gasteiger partial charge in [0.2, 0.25) is 5.91 Å². The molecule has 3 aromatic carbocycles. The number of ether oxygens (including phenoxy) is 1. The Labute approximate surface area is 203 Å². The van der Waals surface area contributed by atoms with E-state index < -0.39 is 11.5 Å². The van der Waals surface area contributed by atoms with Crippen molar-refractivity contribution in [2.75, 3.05) is 25.0 Å². The maximum absolute atomic E-state index is 14.0. The Morgan fingerprint density at radius 3 is 2.20 bits per heavy atom. The molecule has 7 nitrogen and oxygen atoms in total. The van der Waals surface area contributed by atoms with Gasteiger partial charge in [-0.3, -0.25) is 19.6 Å². The van der Waals surface area contributed by atoms with Crippen molar-refractivity contribution in [3.8, 4) is 0 Å². The maximum Gasteiger partial charge on any atom is 0.255 e. The third-order valence-electron chi connectivity index (χ3n) is 6.51. The predicted octanol–water partition coefficient (Wildman–Crippen LogP) is 3.80. The summed E-state index contributed by atoms with van der Waals surface area (Å²) >= 11 is 0. The van der Waals surface area contributed by atoms with E-state index in [0.717, 1.165) is 16.6 Å². The second-order valence-electron chi connectivity index (χ2n) is 8.72. The normalized spacial score (nSPS) is 16.1. The number of morpholine rings is 1. The molecular formula is C28H26N4O3. The highest BCUT2D eigenvalue weighted by atomic mass is 16.5. The topological polar surface area (TPSA) is 84.4 Å². The zero-order chi connectivity index (χ0) is 24.3. The lowest BCUT2D eigenvalue weighted by atomic mass is 9.75. The van der Waals surface area contributed by atoms with Crippen molar-refractivity contribution in [2.24, 2.45) is 0 Å². The van der Waals surface area contributed by atoms with Gasteiger partial charge in [-0.1, -0.05) is 60.7 Å². The first-order valence-electron chi connectivity index (χ1n) is 11.6. The van der Waals surface area contributed by atoms with Gasteiger partial charge in [-0.15, -0.1) is 0 Å². The van der Waals surface area contributed by atoms with Crippen LogP contribution in [0.4, 0.5) is 5.69 Å². The molecule has 1 aliphatic heterocycles. The van der Waals surface area contributed by atoms with Crippen LogP contribution in [0.3, 0.4) is 0 Å². The molecule has 176 valence electrons. The van der Waals surface area contributed by atoms with Crippen molar-refractivity contribution < 1.29 is 14.3 Å². The van der Waals surface area contributed by atoms with Crippen LogP contribution in [0.25, 0.3) is 11.0 Å². The van der Waals surface area contributed by atoms with Crippen molar-refractivity contribution in [3.05, 3.63) is 102 Å². The van der Waals surface area contributed by atoms with Gasteiger partial charge >= 0.3 is 0 Å². The number of anilines is 1. The maximum atomic E-state index is 14.0. The van der Waals surface area contributed by atoms with E-state index in [1.54, 1.807) is 35.5 Å². The molecule has 1 N–H and O–H groups in total. The summed E-state index contributed by atoms with van der Waals surface area (Å²) in [5.41, 5.74) is 2.96. The minimum Gasteiger partial charge on any atom is -0.365 e. The average molecular weight is 467 g/mol. The molecule has 4 aromatic rings. The number of rotatable bonds is 5. The summed E-state index contributed by atoms with van der Waals surface area (Å²) in [4.78, 5) is 37.3. The van der Waals surface area contributed by atoms with E-state index in [-0.39, 0.29) is 25.0 Å². The number of nitrogens with zero attached hydrogens (tertiary/aromatic N) is 3. The molecule has 1 aliphatic rings. The highest BCUT2D eigenvalue weighted by molar-refractivity contribution is 5.97. The summed E-state index contributed by atoms with van der Waals surface area (Å²) in [5.74, 6) is -0.358. The molecule has 0 radical (unpaired) electrons. The lowest BCUT2D eigenvalue weighted by Gasteiger charge is -2.39. The van der Waals surface area contributed by atoms with Crippen LogP contribution in [-0.2, 0) is 19.7 Å². The van der Waals surface area contributed by atoms with Crippen molar-refractivity contribution in [1.29, 1.82) is 0 Å². The molecule has 1 saturated heterocycles. The van der Waals surface area contributed by atoms with Crippen LogP contribution in [0.2, 0.25) is 0 Å². The van der Waals surface area contributed by atoms with Crippen LogP contribution in [-0.4, -0.2) is 52.5 Å². The SMILES string of the molecule is CC(C(=O)N1CCO[C@@H](C(=O)Nc2ccc3nccnc3c2)C1)(c1ccccc1)c1ccccc1. The number of nitrogens with one attached hydrogen (secondary N) is 1. The number of hydrogen-bond donors (Lipinski definition) is 1. The molecule has 0 bridgehead atoms. The fraction of sp³-hybridized carbons (Fsp3) is 0.214. The first-order chi connectivity index (χ1) is 17.1. The molecule has 0 saturated carbocycles. The van der Waals surface area contributed by atoms with Crippen molar-refractivity contribution in [3.63, 3.8) is 0 Å². The minimum atomic E-state index is -0.891. The fourth-order valence-electron chi connectivity index (χ4n) is 4.53. The Morgan fingerprint density at radius 1 is 0.914 bits per heavy atom. The van der Waals surface area contributed by atoms with Crippen molar-refractivity contribution in [2.45, 2.75) is 18.4 Å². The molecule has 5 rings (SSSR count). The summed E-state index contributed by atoms with van der Waals surface area (Å²) < 4.78 is 5.77. The molecule has 7 heteroatoms. The van der Waals surface area contributed by atoms with Crippen LogP contribution < -0.4 is 5.32 Å². The van der Waals surface area contributed by atoms with Gasteiger partial charge in [0, 0.05) is 24.6 Å². The van der Waals surface area contributed by atoms with Gasteiger partial charge in [0.25, 0.3) is 5.91 Å². The van der Waals surface area contributed by atoms with Gasteiger partial charge in [0.05, 0.1) is 29.6 Å². The van der Waals surface area contributed by atoms with E-state index in [1.807, 2.05) is 67.6 Å². The number of carbonyl (C=O) groups excluding carboxylic acids is 2. The Bertz CT molecular complexity index is 1300. The van der Waals surface area contributed by atoms with E-state index in [4.69, 9.17) is 4.74 Å². The monoisotopic (exact) mass is 466 g/mol. The Balaban J connectivity index is 1.36. The molecule has 1 fully saturated rings. The van der Waals surface area contributed by atoms with Gasteiger partial charge in [-0.2, -0.15) is 0 Å². The van der Waals surface area contributed by atoms with E-state index in [9.17, 15) is 9.59 Å². The number of aromatic nitrogens is 2. The quantitative estimate of drug-likeness (QED) is 0.484. The van der Waals surface area contributed by atoms with E-state index in [1.165, 1.54) is 0 Å². The molecule has 1 atom stereocenters. The number of benzene rings is 3. The molecule has 1 aromatic heterocycles. The second-order valence-corrected chi connectivity index (χ2v) is 8.72. The first kappa shape index (κ1) is 22.7. The molecule has 0 unspecified atom stereocenters. The van der Waals surface area contributed by atoms with Crippen LogP contribution >= 0.6 is 0 Å². The van der Waals surface area contributed by atoms with Gasteiger partial charge in [-0.05, 0) is 36.2 Å².